The third kappa shape index (κ3) is 3.47. The van der Waals surface area contributed by atoms with E-state index in [0.717, 1.165) is 0 Å². The van der Waals surface area contributed by atoms with Crippen LogP contribution in [0.1, 0.15) is 47.5 Å². The summed E-state index contributed by atoms with van der Waals surface area (Å²) in [5.41, 5.74) is 1.60. The number of hydrogen-bond donors (Lipinski definition) is 1. The Morgan fingerprint density at radius 1 is 1.08 bits per heavy atom. The van der Waals surface area contributed by atoms with Crippen molar-refractivity contribution in [3.8, 4) is 11.6 Å². The second-order valence-corrected chi connectivity index (χ2v) is 5.75. The van der Waals surface area contributed by atoms with Crippen molar-refractivity contribution in [2.75, 3.05) is 5.32 Å². The van der Waals surface area contributed by atoms with E-state index in [1.165, 1.54) is 6.92 Å². The molecule has 0 aliphatic carbocycles. The third-order valence-corrected chi connectivity index (χ3v) is 3.58. The van der Waals surface area contributed by atoms with Gasteiger partial charge >= 0.3 is 6.01 Å². The van der Waals surface area contributed by atoms with Crippen LogP contribution in [0.3, 0.4) is 0 Å². The van der Waals surface area contributed by atoms with E-state index in [1.807, 2.05) is 13.8 Å². The number of amides is 1. The Bertz CT molecular complexity index is 909. The van der Waals surface area contributed by atoms with E-state index >= 15 is 0 Å². The van der Waals surface area contributed by atoms with Crippen LogP contribution in [0.15, 0.2) is 40.9 Å². The van der Waals surface area contributed by atoms with Gasteiger partial charge in [-0.2, -0.15) is 5.10 Å². The predicted octanol–water partition coefficient (Wildman–Crippen LogP) is 2.97. The minimum absolute atomic E-state index is 0.00727. The number of nitrogens with zero attached hydrogens (tertiary/aromatic N) is 4. The van der Waals surface area contributed by atoms with Gasteiger partial charge in [0.2, 0.25) is 0 Å². The predicted molar refractivity (Wildman–Crippen MR) is 90.3 cm³/mol. The molecule has 0 spiro atoms. The Labute approximate surface area is 143 Å². The zero-order valence-electron chi connectivity index (χ0n) is 14.1. The first kappa shape index (κ1) is 16.6. The zero-order chi connectivity index (χ0) is 18.0. The average molecular weight is 339 g/mol. The maximum absolute atomic E-state index is 12.2. The van der Waals surface area contributed by atoms with Crippen LogP contribution >= 0.6 is 0 Å². The number of rotatable bonds is 5. The highest BCUT2D eigenvalue weighted by Crippen LogP contribution is 2.22. The van der Waals surface area contributed by atoms with Crippen LogP contribution in [0, 0.1) is 0 Å². The van der Waals surface area contributed by atoms with Crippen LogP contribution in [0.4, 0.5) is 6.01 Å². The molecule has 0 saturated carbocycles. The van der Waals surface area contributed by atoms with Gasteiger partial charge in [-0.25, -0.2) is 0 Å². The van der Waals surface area contributed by atoms with Gasteiger partial charge in [0.05, 0.1) is 0 Å². The van der Waals surface area contributed by atoms with Crippen molar-refractivity contribution in [3.63, 3.8) is 0 Å². The molecule has 0 fully saturated rings. The van der Waals surface area contributed by atoms with Crippen molar-refractivity contribution in [2.45, 2.75) is 26.8 Å². The van der Waals surface area contributed by atoms with E-state index in [-0.39, 0.29) is 23.7 Å². The fraction of sp³-hybridized carbons (Fsp3) is 0.235. The van der Waals surface area contributed by atoms with E-state index in [9.17, 15) is 9.59 Å². The number of hydrogen-bond acceptors (Lipinski definition) is 6. The van der Waals surface area contributed by atoms with Crippen LogP contribution in [-0.4, -0.2) is 31.7 Å². The van der Waals surface area contributed by atoms with Gasteiger partial charge in [0.1, 0.15) is 5.69 Å². The fourth-order valence-electron chi connectivity index (χ4n) is 2.30. The standard InChI is InChI=1S/C17H17N5O3/c1-10(2)22-14(8-9-18-22)16-20-21-17(25-16)19-15(24)13-6-4-12(5-7-13)11(3)23/h4-10H,1-3H3,(H,19,21,24). The number of carbonyl (C=O) groups is 2. The molecule has 0 atom stereocenters. The minimum Gasteiger partial charge on any atom is -0.401 e. The Balaban J connectivity index is 1.75. The lowest BCUT2D eigenvalue weighted by Crippen LogP contribution is -2.12. The maximum Gasteiger partial charge on any atom is 0.322 e. The molecule has 8 nitrogen and oxygen atoms in total. The highest BCUT2D eigenvalue weighted by atomic mass is 16.4. The summed E-state index contributed by atoms with van der Waals surface area (Å²) in [7, 11) is 0. The normalized spacial score (nSPS) is 10.9. The minimum atomic E-state index is -0.400. The van der Waals surface area contributed by atoms with Crippen LogP contribution in [0.5, 0.6) is 0 Å². The molecule has 1 N–H and O–H groups in total. The molecule has 3 aromatic rings. The van der Waals surface area contributed by atoms with E-state index in [4.69, 9.17) is 4.42 Å². The largest absolute Gasteiger partial charge is 0.401 e. The number of benzene rings is 1. The Kier molecular flexibility index (Phi) is 4.42. The highest BCUT2D eigenvalue weighted by Gasteiger charge is 2.17. The molecular formula is C17H17N5O3. The first-order chi connectivity index (χ1) is 12.0. The van der Waals surface area contributed by atoms with E-state index < -0.39 is 5.91 Å². The van der Waals surface area contributed by atoms with Crippen molar-refractivity contribution in [1.82, 2.24) is 20.0 Å². The summed E-state index contributed by atoms with van der Waals surface area (Å²) >= 11 is 0. The summed E-state index contributed by atoms with van der Waals surface area (Å²) in [4.78, 5) is 23.5. The smallest absolute Gasteiger partial charge is 0.322 e. The van der Waals surface area contributed by atoms with Crippen LogP contribution in [-0.2, 0) is 0 Å². The van der Waals surface area contributed by atoms with Crippen molar-refractivity contribution >= 4 is 17.7 Å². The van der Waals surface area contributed by atoms with Gasteiger partial charge in [-0.15, -0.1) is 5.10 Å². The second kappa shape index (κ2) is 6.68. The SMILES string of the molecule is CC(=O)c1ccc(C(=O)Nc2nnc(-c3ccnn3C(C)C)o2)cc1. The van der Waals surface area contributed by atoms with Gasteiger partial charge in [-0.05, 0) is 39.0 Å². The molecule has 0 unspecified atom stereocenters. The molecule has 1 amide bonds. The molecule has 0 radical (unpaired) electrons. The van der Waals surface area contributed by atoms with Gasteiger partial charge in [0.15, 0.2) is 5.78 Å². The molecule has 2 aromatic heterocycles. The first-order valence-electron chi connectivity index (χ1n) is 7.75. The maximum atomic E-state index is 12.2. The second-order valence-electron chi connectivity index (χ2n) is 5.75. The molecular weight excluding hydrogens is 322 g/mol. The summed E-state index contributed by atoms with van der Waals surface area (Å²) < 4.78 is 7.25. The van der Waals surface area contributed by atoms with Gasteiger partial charge in [0, 0.05) is 23.4 Å². The number of anilines is 1. The molecule has 0 aliphatic heterocycles. The first-order valence-corrected chi connectivity index (χ1v) is 7.75. The molecule has 1 aromatic carbocycles. The van der Waals surface area contributed by atoms with E-state index in [0.29, 0.717) is 16.8 Å². The lowest BCUT2D eigenvalue weighted by Gasteiger charge is -2.07. The van der Waals surface area contributed by atoms with Crippen molar-refractivity contribution in [2.24, 2.45) is 0 Å². The van der Waals surface area contributed by atoms with Crippen LogP contribution < -0.4 is 5.32 Å². The van der Waals surface area contributed by atoms with Gasteiger partial charge in [-0.3, -0.25) is 19.6 Å². The molecule has 25 heavy (non-hydrogen) atoms. The molecule has 8 heteroatoms. The summed E-state index contributed by atoms with van der Waals surface area (Å²) in [5.74, 6) is -0.189. The molecule has 0 bridgehead atoms. The van der Waals surface area contributed by atoms with Gasteiger partial charge < -0.3 is 4.42 Å². The highest BCUT2D eigenvalue weighted by molar-refractivity contribution is 6.04. The summed E-state index contributed by atoms with van der Waals surface area (Å²) in [6, 6.07) is 8.21. The van der Waals surface area contributed by atoms with Crippen LogP contribution in [0.2, 0.25) is 0 Å². The van der Waals surface area contributed by atoms with Crippen molar-refractivity contribution in [3.05, 3.63) is 47.7 Å². The number of ketones is 1. The Morgan fingerprint density at radius 3 is 2.40 bits per heavy atom. The third-order valence-electron chi connectivity index (χ3n) is 3.58. The molecule has 2 heterocycles. The van der Waals surface area contributed by atoms with Crippen molar-refractivity contribution < 1.29 is 14.0 Å². The molecule has 0 saturated heterocycles. The number of Topliss-reactive ketones (excluding diaryl/α,β-unsaturated/α-hetero) is 1. The summed E-state index contributed by atoms with van der Waals surface area (Å²) in [6.45, 7) is 5.44. The number of aromatic nitrogens is 4. The molecule has 128 valence electrons. The monoisotopic (exact) mass is 339 g/mol. The molecule has 3 rings (SSSR count). The lowest BCUT2D eigenvalue weighted by atomic mass is 10.1. The summed E-state index contributed by atoms with van der Waals surface area (Å²) in [5, 5.41) is 14.5. The number of carbonyl (C=O) groups excluding carboxylic acids is 2. The zero-order valence-corrected chi connectivity index (χ0v) is 14.1. The van der Waals surface area contributed by atoms with Crippen molar-refractivity contribution in [1.29, 1.82) is 0 Å². The topological polar surface area (TPSA) is 103 Å². The quantitative estimate of drug-likeness (QED) is 0.717. The number of nitrogens with one attached hydrogen (secondary N) is 1. The van der Waals surface area contributed by atoms with Crippen LogP contribution in [0.25, 0.3) is 11.6 Å². The lowest BCUT2D eigenvalue weighted by molar-refractivity contribution is 0.100. The Morgan fingerprint density at radius 2 is 1.76 bits per heavy atom. The van der Waals surface area contributed by atoms with E-state index in [2.05, 4.69) is 20.6 Å². The molecule has 0 aliphatic rings. The fourth-order valence-corrected chi connectivity index (χ4v) is 2.30. The Hall–Kier alpha value is -3.29. The van der Waals surface area contributed by atoms with E-state index in [1.54, 1.807) is 41.2 Å². The summed E-state index contributed by atoms with van der Waals surface area (Å²) in [6.07, 6.45) is 1.65. The van der Waals surface area contributed by atoms with Gasteiger partial charge in [0.25, 0.3) is 11.8 Å². The van der Waals surface area contributed by atoms with Gasteiger partial charge in [-0.1, -0.05) is 17.2 Å². The average Bonchev–Trinajstić information content (AvgIpc) is 3.23.